The van der Waals surface area contributed by atoms with Crippen molar-refractivity contribution in [3.8, 4) is 0 Å². The number of hydrogen-bond donors (Lipinski definition) is 4. The van der Waals surface area contributed by atoms with E-state index in [0.29, 0.717) is 51.3 Å². The number of alkyl halides is 8. The quantitative estimate of drug-likeness (QED) is 0.0191. The highest BCUT2D eigenvalue weighted by Crippen LogP contribution is 2.70. The van der Waals surface area contributed by atoms with Crippen molar-refractivity contribution in [2.45, 2.75) is 73.0 Å². The molecule has 9 nitrogen and oxygen atoms in total. The molecule has 2 fully saturated rings. The zero-order chi connectivity index (χ0) is 49.2. The number of amides is 3. The largest absolute Gasteiger partial charge is 0.417 e. The van der Waals surface area contributed by atoms with Gasteiger partial charge in [-0.3, -0.25) is 14.4 Å². The maximum absolute atomic E-state index is 14.4. The summed E-state index contributed by atoms with van der Waals surface area (Å²) >= 11 is 47.0. The van der Waals surface area contributed by atoms with Crippen molar-refractivity contribution in [2.24, 2.45) is 22.4 Å². The van der Waals surface area contributed by atoms with Crippen LogP contribution in [-0.2, 0) is 31.8 Å². The number of benzene rings is 4. The molecule has 0 heterocycles. The maximum Gasteiger partial charge on any atom is 0.417 e. The highest BCUT2D eigenvalue weighted by Gasteiger charge is 2.76. The Morgan fingerprint density at radius 2 is 1.55 bits per heavy atom. The molecule has 0 aliphatic heterocycles. The average Bonchev–Trinajstić information content (AvgIpc) is 4.15. The van der Waals surface area contributed by atoms with E-state index in [4.69, 9.17) is 97.6 Å². The van der Waals surface area contributed by atoms with Gasteiger partial charge in [-0.2, -0.15) is 13.2 Å². The van der Waals surface area contributed by atoms with Crippen molar-refractivity contribution in [3.63, 3.8) is 0 Å². The van der Waals surface area contributed by atoms with Gasteiger partial charge in [0, 0.05) is 16.6 Å². The lowest BCUT2D eigenvalue weighted by molar-refractivity contribution is -0.138. The maximum atomic E-state index is 14.4. The molecule has 2 saturated carbocycles. The van der Waals surface area contributed by atoms with Crippen LogP contribution in [0.25, 0.3) is 0 Å². The number of amidine groups is 1. The molecule has 4 aromatic carbocycles. The predicted octanol–water partition coefficient (Wildman–Crippen LogP) is 13.0. The number of halogens is 13. The van der Waals surface area contributed by atoms with Gasteiger partial charge in [-0.05, 0) is 85.7 Å². The summed E-state index contributed by atoms with van der Waals surface area (Å²) in [7, 11) is 0. The minimum Gasteiger partial charge on any atom is -0.394 e. The molecule has 22 heteroatoms. The Hall–Kier alpha value is -3.47. The van der Waals surface area contributed by atoms with Crippen LogP contribution in [-0.4, -0.2) is 45.0 Å². The van der Waals surface area contributed by atoms with E-state index in [1.54, 1.807) is 48.5 Å². The van der Waals surface area contributed by atoms with Crippen molar-refractivity contribution in [3.05, 3.63) is 134 Å². The Labute approximate surface area is 418 Å². The number of carbonyl (C=O) groups is 3. The van der Waals surface area contributed by atoms with Gasteiger partial charge in [0.2, 0.25) is 22.0 Å². The molecule has 0 bridgehead atoms. The summed E-state index contributed by atoms with van der Waals surface area (Å²) in [5, 5.41) is 15.2. The first-order chi connectivity index (χ1) is 30.9. The van der Waals surface area contributed by atoms with Gasteiger partial charge in [-0.1, -0.05) is 131 Å². The van der Waals surface area contributed by atoms with Crippen LogP contribution in [0.5, 0.6) is 0 Å². The molecular weight excluding hydrogens is 1040 g/mol. The first kappa shape index (κ1) is 55.1. The summed E-state index contributed by atoms with van der Waals surface area (Å²) in [6, 6.07) is 21.2. The lowest BCUT2D eigenvalue weighted by Crippen LogP contribution is -2.45. The average molecular weight is 1080 g/mol. The summed E-state index contributed by atoms with van der Waals surface area (Å²) in [5.74, 6) is -4.76. The number of hydrogen-bond acceptors (Lipinski definition) is 6. The number of anilines is 1. The number of nitrogens with zero attached hydrogens (tertiary/aromatic N) is 1. The zero-order valence-electron chi connectivity index (χ0n) is 35.0. The highest BCUT2D eigenvalue weighted by molar-refractivity contribution is 6.68. The fraction of sp³-hybridized carbons (Fsp3) is 0.364. The summed E-state index contributed by atoms with van der Waals surface area (Å²) in [5.41, 5.74) is -1.21. The first-order valence-corrected chi connectivity index (χ1v) is 22.9. The van der Waals surface area contributed by atoms with Crippen molar-refractivity contribution in [1.82, 2.24) is 16.0 Å². The van der Waals surface area contributed by atoms with E-state index in [1.807, 2.05) is 45.0 Å². The second-order valence-corrected chi connectivity index (χ2v) is 20.1. The Balaban J connectivity index is 0.000000226. The van der Waals surface area contributed by atoms with E-state index < -0.39 is 60.4 Å². The molecule has 2 aliphatic carbocycles. The molecule has 2 aliphatic rings. The van der Waals surface area contributed by atoms with Crippen molar-refractivity contribution in [1.29, 1.82) is 0 Å². The molecule has 358 valence electrons. The van der Waals surface area contributed by atoms with Gasteiger partial charge in [0.15, 0.2) is 17.5 Å². The SMILES string of the molecule is CCC1(C(=O)NC(C)c2ccc(Cl)cc2)C(C)C1(Cl)Cl.O=C(Cc1ccccc1)NC(=NOCC1CC1)c1c(C(F)(F)F)ccc(F)c1F.O=CNC(Nc1ccc(Cl)c(Cl)c1)C(Cl)(Cl)Cl. The van der Waals surface area contributed by atoms with Crippen LogP contribution in [0.3, 0.4) is 0 Å². The summed E-state index contributed by atoms with van der Waals surface area (Å²) in [6.07, 6.45) is -3.26. The van der Waals surface area contributed by atoms with Gasteiger partial charge in [0.05, 0.1) is 39.0 Å². The van der Waals surface area contributed by atoms with Crippen molar-refractivity contribution < 1.29 is 41.2 Å². The number of rotatable bonds is 14. The van der Waals surface area contributed by atoms with E-state index in [0.717, 1.165) is 18.4 Å². The lowest BCUT2D eigenvalue weighted by Gasteiger charge is -2.25. The number of nitrogens with one attached hydrogen (secondary N) is 4. The Bertz CT molecular complexity index is 2340. The minimum atomic E-state index is -4.99. The standard InChI is InChI=1S/C20H17F5N2O2.C15H18Cl3NO.C9H7Cl5N2O/c21-15-9-8-14(20(23,24)25)17(18(15)22)19(27-29-11-13-6-7-13)26-16(28)10-12-4-2-1-3-5-12;1-4-14(10(3)15(14,17)18)13(20)19-9(2)11-5-7-12(16)8-6-11;10-6-2-1-5(3-7(6)11)16-8(15-4-17)9(12,13)14/h1-5,8-9,13H,6-7,10-11H2,(H,26,27,28);5-10H,4H2,1-3H3,(H,19,20);1-4,8,16H,(H,15,17). The van der Waals surface area contributed by atoms with Gasteiger partial charge in [0.1, 0.15) is 17.1 Å². The van der Waals surface area contributed by atoms with Crippen LogP contribution in [0.1, 0.15) is 68.3 Å². The van der Waals surface area contributed by atoms with Crippen LogP contribution in [0.4, 0.5) is 27.6 Å². The third kappa shape index (κ3) is 14.8. The Morgan fingerprint density at radius 3 is 2.06 bits per heavy atom. The summed E-state index contributed by atoms with van der Waals surface area (Å²) in [6.45, 7) is 5.89. The van der Waals surface area contributed by atoms with E-state index in [-0.39, 0.29) is 36.8 Å². The molecule has 0 radical (unpaired) electrons. The topological polar surface area (TPSA) is 121 Å². The third-order valence-electron chi connectivity index (χ3n) is 10.5. The first-order valence-electron chi connectivity index (χ1n) is 19.9. The lowest BCUT2D eigenvalue weighted by atomic mass is 9.98. The van der Waals surface area contributed by atoms with Crippen LogP contribution < -0.4 is 21.3 Å². The monoisotopic (exact) mass is 1080 g/mol. The van der Waals surface area contributed by atoms with Gasteiger partial charge >= 0.3 is 6.18 Å². The molecule has 6 rings (SSSR count). The number of carbonyl (C=O) groups excluding carboxylic acids is 3. The molecule has 0 aromatic heterocycles. The van der Waals surface area contributed by atoms with Gasteiger partial charge < -0.3 is 26.1 Å². The van der Waals surface area contributed by atoms with E-state index in [9.17, 15) is 36.3 Å². The number of oxime groups is 1. The Kier molecular flexibility index (Phi) is 19.8. The second kappa shape index (κ2) is 23.7. The molecule has 4 atom stereocenters. The molecule has 4 unspecified atom stereocenters. The van der Waals surface area contributed by atoms with E-state index in [1.165, 1.54) is 0 Å². The normalized spacial score (nSPS) is 18.5. The zero-order valence-corrected chi connectivity index (χ0v) is 41.0. The molecule has 4 aromatic rings. The van der Waals surface area contributed by atoms with Gasteiger partial charge in [-0.15, -0.1) is 23.2 Å². The van der Waals surface area contributed by atoms with Gasteiger partial charge in [0.25, 0.3) is 0 Å². The van der Waals surface area contributed by atoms with Crippen LogP contribution in [0, 0.1) is 28.9 Å². The Morgan fingerprint density at radius 1 is 0.924 bits per heavy atom. The van der Waals surface area contributed by atoms with Gasteiger partial charge in [-0.25, -0.2) is 8.78 Å². The summed E-state index contributed by atoms with van der Waals surface area (Å²) in [4.78, 5) is 40.3. The summed E-state index contributed by atoms with van der Waals surface area (Å²) < 4.78 is 65.5. The molecule has 3 amide bonds. The highest BCUT2D eigenvalue weighted by atomic mass is 35.6. The third-order valence-corrected chi connectivity index (χ3v) is 13.5. The fourth-order valence-corrected chi connectivity index (χ4v) is 8.29. The van der Waals surface area contributed by atoms with Crippen LogP contribution in [0.15, 0.2) is 90.1 Å². The van der Waals surface area contributed by atoms with E-state index in [2.05, 4.69) is 26.4 Å². The molecule has 0 spiro atoms. The van der Waals surface area contributed by atoms with Crippen molar-refractivity contribution in [2.75, 3.05) is 11.9 Å². The predicted molar refractivity (Wildman–Crippen MR) is 253 cm³/mol. The molecule has 4 N–H and O–H groups in total. The smallest absolute Gasteiger partial charge is 0.394 e. The van der Waals surface area contributed by atoms with E-state index >= 15 is 0 Å². The fourth-order valence-electron chi connectivity index (χ4n) is 6.49. The van der Waals surface area contributed by atoms with Crippen LogP contribution in [0.2, 0.25) is 15.1 Å². The molecule has 66 heavy (non-hydrogen) atoms. The minimum absolute atomic E-state index is 0.0410. The molecule has 0 saturated heterocycles. The molecular formula is C44H42Cl8F5N5O4. The second-order valence-electron chi connectivity index (χ2n) is 15.1. The van der Waals surface area contributed by atoms with Crippen LogP contribution >= 0.6 is 92.8 Å². The van der Waals surface area contributed by atoms with Crippen molar-refractivity contribution >= 4 is 123 Å².